The Labute approximate surface area is 190 Å². The van der Waals surface area contributed by atoms with Crippen LogP contribution in [0.2, 0.25) is 0 Å². The highest BCUT2D eigenvalue weighted by Gasteiger charge is 2.20. The molecule has 2 aromatic heterocycles. The maximum atomic E-state index is 13.1. The van der Waals surface area contributed by atoms with E-state index in [4.69, 9.17) is 14.5 Å². The molecule has 0 radical (unpaired) electrons. The number of anilines is 1. The summed E-state index contributed by atoms with van der Waals surface area (Å²) in [5, 5.41) is 2.71. The maximum Gasteiger partial charge on any atom is 0.252 e. The molecule has 1 amide bonds. The number of rotatable bonds is 7. The van der Waals surface area contributed by atoms with Crippen molar-refractivity contribution in [2.24, 2.45) is 0 Å². The quantitative estimate of drug-likeness (QED) is 0.490. The normalized spacial score (nSPS) is 14.7. The molecule has 160 valence electrons. The number of morpholine rings is 1. The lowest BCUT2D eigenvalue weighted by Gasteiger charge is -2.28. The molecule has 9 heteroatoms. The molecule has 1 aliphatic heterocycles. The van der Waals surface area contributed by atoms with Crippen LogP contribution in [0.25, 0.3) is 16.3 Å². The van der Waals surface area contributed by atoms with Gasteiger partial charge in [-0.15, -0.1) is 23.7 Å². The van der Waals surface area contributed by atoms with Crippen LogP contribution in [-0.2, 0) is 9.53 Å². The molecule has 0 unspecified atom stereocenters. The highest BCUT2D eigenvalue weighted by molar-refractivity contribution is 7.22. The molecule has 0 N–H and O–H groups in total. The van der Waals surface area contributed by atoms with E-state index in [1.54, 1.807) is 29.4 Å². The molecular weight excluding hydrogens is 442 g/mol. The Morgan fingerprint density at radius 3 is 2.90 bits per heavy atom. The lowest BCUT2D eigenvalue weighted by molar-refractivity contribution is -0.114. The van der Waals surface area contributed by atoms with Gasteiger partial charge in [-0.1, -0.05) is 17.4 Å². The Kier molecular flexibility index (Phi) is 8.24. The van der Waals surface area contributed by atoms with E-state index < -0.39 is 0 Å². The van der Waals surface area contributed by atoms with Gasteiger partial charge in [0, 0.05) is 43.2 Å². The van der Waals surface area contributed by atoms with Crippen LogP contribution in [0, 0.1) is 0 Å². The van der Waals surface area contributed by atoms with Gasteiger partial charge < -0.3 is 9.47 Å². The van der Waals surface area contributed by atoms with Crippen molar-refractivity contribution in [1.82, 2.24) is 9.88 Å². The minimum absolute atomic E-state index is 0. The fourth-order valence-electron chi connectivity index (χ4n) is 3.13. The fourth-order valence-corrected chi connectivity index (χ4v) is 4.73. The zero-order valence-corrected chi connectivity index (χ0v) is 19.1. The standard InChI is InChI=1S/C21H23N3O3S2.ClH/c1-26-16-4-6-19-18(15-16)22-21(29-19)24(9-8-23-10-12-27-13-11-23)20(25)7-5-17-3-2-14-28-17;/h2-7,14-15H,8-13H2,1H3;1H. The van der Waals surface area contributed by atoms with Crippen LogP contribution in [0.1, 0.15) is 4.88 Å². The van der Waals surface area contributed by atoms with E-state index >= 15 is 0 Å². The summed E-state index contributed by atoms with van der Waals surface area (Å²) in [6.07, 6.45) is 3.50. The second-order valence-electron chi connectivity index (χ2n) is 6.62. The Morgan fingerprint density at radius 1 is 1.33 bits per heavy atom. The Morgan fingerprint density at radius 2 is 2.17 bits per heavy atom. The minimum atomic E-state index is -0.0577. The van der Waals surface area contributed by atoms with E-state index in [9.17, 15) is 4.79 Å². The molecule has 0 saturated carbocycles. The summed E-state index contributed by atoms with van der Waals surface area (Å²) in [6.45, 7) is 4.65. The van der Waals surface area contributed by atoms with E-state index in [0.717, 1.165) is 53.7 Å². The van der Waals surface area contributed by atoms with Crippen molar-refractivity contribution >= 4 is 62.4 Å². The van der Waals surface area contributed by atoms with Crippen molar-refractivity contribution in [1.29, 1.82) is 0 Å². The molecule has 0 aliphatic carbocycles. The lowest BCUT2D eigenvalue weighted by Crippen LogP contribution is -2.42. The summed E-state index contributed by atoms with van der Waals surface area (Å²) < 4.78 is 11.8. The monoisotopic (exact) mass is 465 g/mol. The lowest BCUT2D eigenvalue weighted by atomic mass is 10.3. The van der Waals surface area contributed by atoms with Crippen molar-refractivity contribution in [2.75, 3.05) is 51.4 Å². The molecule has 0 bridgehead atoms. The van der Waals surface area contributed by atoms with Crippen LogP contribution >= 0.6 is 35.1 Å². The number of carbonyl (C=O) groups excluding carboxylic acids is 1. The first-order chi connectivity index (χ1) is 14.2. The van der Waals surface area contributed by atoms with Crippen molar-refractivity contribution < 1.29 is 14.3 Å². The SMILES string of the molecule is COc1ccc2sc(N(CCN3CCOCC3)C(=O)C=Cc3cccs3)nc2c1.Cl. The van der Waals surface area contributed by atoms with E-state index in [-0.39, 0.29) is 18.3 Å². The fraction of sp³-hybridized carbons (Fsp3) is 0.333. The highest BCUT2D eigenvalue weighted by atomic mass is 35.5. The minimum Gasteiger partial charge on any atom is -0.497 e. The number of thiophene rings is 1. The number of methoxy groups -OCH3 is 1. The van der Waals surface area contributed by atoms with E-state index in [1.807, 2.05) is 41.8 Å². The first kappa shape index (κ1) is 22.7. The zero-order valence-electron chi connectivity index (χ0n) is 16.7. The van der Waals surface area contributed by atoms with Crippen LogP contribution < -0.4 is 9.64 Å². The molecule has 1 aromatic carbocycles. The van der Waals surface area contributed by atoms with Gasteiger partial charge in [0.05, 0.1) is 30.5 Å². The Hall–Kier alpha value is -1.97. The van der Waals surface area contributed by atoms with E-state index in [2.05, 4.69) is 4.90 Å². The van der Waals surface area contributed by atoms with Gasteiger partial charge in [0.15, 0.2) is 5.13 Å². The molecule has 3 heterocycles. The topological polar surface area (TPSA) is 54.9 Å². The van der Waals surface area contributed by atoms with Crippen LogP contribution in [0.15, 0.2) is 41.8 Å². The third-order valence-corrected chi connectivity index (χ3v) is 6.65. The van der Waals surface area contributed by atoms with Gasteiger partial charge in [-0.25, -0.2) is 4.98 Å². The second-order valence-corrected chi connectivity index (χ2v) is 8.61. The molecule has 1 fully saturated rings. The summed E-state index contributed by atoms with van der Waals surface area (Å²) in [7, 11) is 1.64. The van der Waals surface area contributed by atoms with Crippen LogP contribution in [0.5, 0.6) is 5.75 Å². The first-order valence-electron chi connectivity index (χ1n) is 9.51. The highest BCUT2D eigenvalue weighted by Crippen LogP contribution is 2.31. The average molecular weight is 466 g/mol. The van der Waals surface area contributed by atoms with Gasteiger partial charge in [-0.2, -0.15) is 0 Å². The summed E-state index contributed by atoms with van der Waals surface area (Å²) in [6, 6.07) is 9.78. The first-order valence-corrected chi connectivity index (χ1v) is 11.2. The van der Waals surface area contributed by atoms with Crippen molar-refractivity contribution in [3.8, 4) is 5.75 Å². The van der Waals surface area contributed by atoms with Crippen molar-refractivity contribution in [2.45, 2.75) is 0 Å². The zero-order chi connectivity index (χ0) is 20.1. The van der Waals surface area contributed by atoms with Crippen molar-refractivity contribution in [3.63, 3.8) is 0 Å². The van der Waals surface area contributed by atoms with Gasteiger partial charge in [0.2, 0.25) is 0 Å². The molecular formula is C21H24ClN3O3S2. The number of amides is 1. The van der Waals surface area contributed by atoms with Gasteiger partial charge >= 0.3 is 0 Å². The number of ether oxygens (including phenoxy) is 2. The summed E-state index contributed by atoms with van der Waals surface area (Å²) in [5.41, 5.74) is 0.843. The molecule has 1 aliphatic rings. The summed E-state index contributed by atoms with van der Waals surface area (Å²) in [5.74, 6) is 0.704. The Balaban J connectivity index is 0.00000256. The number of hydrogen-bond acceptors (Lipinski definition) is 7. The number of hydrogen-bond donors (Lipinski definition) is 0. The molecule has 1 saturated heterocycles. The third-order valence-electron chi connectivity index (χ3n) is 4.76. The summed E-state index contributed by atoms with van der Waals surface area (Å²) in [4.78, 5) is 22.9. The molecule has 0 atom stereocenters. The molecule has 3 aromatic rings. The van der Waals surface area contributed by atoms with Crippen LogP contribution in [0.3, 0.4) is 0 Å². The number of nitrogens with zero attached hydrogens (tertiary/aromatic N) is 3. The third kappa shape index (κ3) is 5.59. The van der Waals surface area contributed by atoms with Gasteiger partial charge in [-0.3, -0.25) is 14.6 Å². The number of benzene rings is 1. The van der Waals surface area contributed by atoms with Gasteiger partial charge in [0.1, 0.15) is 5.75 Å². The van der Waals surface area contributed by atoms with Crippen LogP contribution in [-0.4, -0.2) is 62.3 Å². The number of fused-ring (bicyclic) bond motifs is 1. The number of aromatic nitrogens is 1. The van der Waals surface area contributed by atoms with Crippen LogP contribution in [0.4, 0.5) is 5.13 Å². The van der Waals surface area contributed by atoms with Gasteiger partial charge in [0.25, 0.3) is 5.91 Å². The average Bonchev–Trinajstić information content (AvgIpc) is 3.42. The molecule has 6 nitrogen and oxygen atoms in total. The second kappa shape index (κ2) is 10.9. The van der Waals surface area contributed by atoms with Gasteiger partial charge in [-0.05, 0) is 29.7 Å². The summed E-state index contributed by atoms with van der Waals surface area (Å²) >= 11 is 3.14. The molecule has 30 heavy (non-hydrogen) atoms. The Bertz CT molecular complexity index is 985. The number of carbonyl (C=O) groups is 1. The van der Waals surface area contributed by atoms with E-state index in [1.165, 1.54) is 11.3 Å². The molecule has 0 spiro atoms. The van der Waals surface area contributed by atoms with Crippen molar-refractivity contribution in [3.05, 3.63) is 46.7 Å². The number of thiazole rings is 1. The maximum absolute atomic E-state index is 13.1. The predicted molar refractivity (Wildman–Crippen MR) is 126 cm³/mol. The smallest absolute Gasteiger partial charge is 0.252 e. The number of halogens is 1. The van der Waals surface area contributed by atoms with E-state index in [0.29, 0.717) is 11.7 Å². The molecule has 4 rings (SSSR count). The largest absolute Gasteiger partial charge is 0.497 e. The predicted octanol–water partition coefficient (Wildman–Crippen LogP) is 4.17.